The molecular formula is C18H27ClRu. The molecule has 0 bridgehead atoms. The van der Waals surface area contributed by atoms with E-state index in [1.54, 1.807) is 0 Å². The first-order chi connectivity index (χ1) is 9.42. The summed E-state index contributed by atoms with van der Waals surface area (Å²) in [6.45, 7) is 11.2. The summed E-state index contributed by atoms with van der Waals surface area (Å²) in [5.41, 5.74) is 4.61. The van der Waals surface area contributed by atoms with E-state index in [0.717, 1.165) is 0 Å². The predicted octanol–water partition coefficient (Wildman–Crippen LogP) is 6.55. The van der Waals surface area contributed by atoms with Gasteiger partial charge in [-0.05, 0) is 25.7 Å². The van der Waals surface area contributed by atoms with Crippen molar-refractivity contribution in [2.45, 2.75) is 60.3 Å². The second kappa shape index (κ2) is 8.35. The Morgan fingerprint density at radius 3 is 1.45 bits per heavy atom. The molecule has 0 nitrogen and oxygen atoms in total. The van der Waals surface area contributed by atoms with Gasteiger partial charge < -0.3 is 0 Å². The zero-order valence-electron chi connectivity index (χ0n) is 13.4. The Morgan fingerprint density at radius 2 is 1.25 bits per heavy atom. The Labute approximate surface area is 136 Å². The molecular weight excluding hydrogens is 353 g/mol. The molecule has 2 heteroatoms. The maximum atomic E-state index is 6.02. The van der Waals surface area contributed by atoms with Crippen molar-refractivity contribution in [1.82, 2.24) is 0 Å². The van der Waals surface area contributed by atoms with Crippen LogP contribution in [0.3, 0.4) is 0 Å². The molecule has 0 fully saturated rings. The second-order valence-corrected chi connectivity index (χ2v) is 7.95. The SMILES string of the molecule is C1=CCCC=CCC1.CC1=C(C)C(C)(C)[C]([Ru][Cl])=C1C. The van der Waals surface area contributed by atoms with Gasteiger partial charge in [0.05, 0.1) is 0 Å². The third-order valence-corrected chi connectivity index (χ3v) is 7.17. The molecule has 2 aliphatic rings. The molecule has 0 spiro atoms. The molecule has 0 heterocycles. The predicted molar refractivity (Wildman–Crippen MR) is 87.5 cm³/mol. The molecule has 0 aromatic carbocycles. The van der Waals surface area contributed by atoms with Gasteiger partial charge in [-0.3, -0.25) is 0 Å². The number of allylic oxidation sites excluding steroid dienone is 8. The molecule has 0 amide bonds. The first kappa shape index (κ1) is 17.9. The summed E-state index contributed by atoms with van der Waals surface area (Å²) in [5.74, 6) is 0. The van der Waals surface area contributed by atoms with Crippen LogP contribution in [0.15, 0.2) is 45.2 Å². The van der Waals surface area contributed by atoms with E-state index < -0.39 is 0 Å². The Bertz CT molecular complexity index is 424. The fourth-order valence-electron chi connectivity index (χ4n) is 2.53. The first-order valence-corrected chi connectivity index (χ1v) is 10.5. The van der Waals surface area contributed by atoms with Crippen molar-refractivity contribution in [3.05, 3.63) is 45.2 Å². The van der Waals surface area contributed by atoms with E-state index in [1.807, 2.05) is 0 Å². The molecule has 0 atom stereocenters. The van der Waals surface area contributed by atoms with E-state index in [9.17, 15) is 0 Å². The van der Waals surface area contributed by atoms with Gasteiger partial charge in [-0.1, -0.05) is 24.3 Å². The summed E-state index contributed by atoms with van der Waals surface area (Å²) < 4.78 is 1.48. The molecule has 0 saturated carbocycles. The maximum absolute atomic E-state index is 6.02. The fourth-order valence-corrected chi connectivity index (χ4v) is 5.42. The van der Waals surface area contributed by atoms with E-state index in [4.69, 9.17) is 9.69 Å². The Kier molecular flexibility index (Phi) is 7.48. The Hall–Kier alpha value is -0.127. The van der Waals surface area contributed by atoms with Crippen molar-refractivity contribution >= 4 is 9.69 Å². The van der Waals surface area contributed by atoms with Crippen molar-refractivity contribution < 1.29 is 16.1 Å². The quantitative estimate of drug-likeness (QED) is 0.358. The molecule has 0 aromatic rings. The standard InChI is InChI=1S/C10H15.C8H12.ClH.Ru/c1-7-6-10(4,5)9(3)8(7)2;1-2-4-6-8-7-5-3-1;;/h1-5H3;1-2,7-8H,3-6H2;1H;/q;;;+1/p-1. The van der Waals surface area contributed by atoms with Crippen molar-refractivity contribution in [3.8, 4) is 0 Å². The van der Waals surface area contributed by atoms with Gasteiger partial charge in [0, 0.05) is 0 Å². The molecule has 0 aromatic heterocycles. The van der Waals surface area contributed by atoms with Gasteiger partial charge >= 0.3 is 86.7 Å². The Balaban J connectivity index is 0.000000217. The summed E-state index contributed by atoms with van der Waals surface area (Å²) >= 11 is -0.101. The van der Waals surface area contributed by atoms with Crippen LogP contribution in [0.2, 0.25) is 0 Å². The molecule has 20 heavy (non-hydrogen) atoms. The van der Waals surface area contributed by atoms with Gasteiger partial charge in [0.15, 0.2) is 0 Å². The van der Waals surface area contributed by atoms with Crippen LogP contribution in [-0.4, -0.2) is 0 Å². The van der Waals surface area contributed by atoms with E-state index >= 15 is 0 Å². The van der Waals surface area contributed by atoms with Gasteiger partial charge in [-0.15, -0.1) is 0 Å². The van der Waals surface area contributed by atoms with Crippen molar-refractivity contribution in [2.75, 3.05) is 0 Å². The fraction of sp³-hybridized carbons (Fsp3) is 0.556. The number of halogens is 1. The number of hydrogen-bond acceptors (Lipinski definition) is 0. The van der Waals surface area contributed by atoms with Crippen LogP contribution in [0.4, 0.5) is 0 Å². The number of rotatable bonds is 1. The van der Waals surface area contributed by atoms with Crippen molar-refractivity contribution in [2.24, 2.45) is 5.41 Å². The monoisotopic (exact) mass is 380 g/mol. The van der Waals surface area contributed by atoms with E-state index in [0.29, 0.717) is 0 Å². The van der Waals surface area contributed by atoms with Crippen molar-refractivity contribution in [3.63, 3.8) is 0 Å². The van der Waals surface area contributed by atoms with Crippen LogP contribution in [-0.2, 0) is 16.1 Å². The third kappa shape index (κ3) is 4.44. The van der Waals surface area contributed by atoms with Crippen LogP contribution >= 0.6 is 9.69 Å². The van der Waals surface area contributed by atoms with Crippen LogP contribution in [0, 0.1) is 5.41 Å². The van der Waals surface area contributed by atoms with Crippen LogP contribution < -0.4 is 0 Å². The molecule has 2 rings (SSSR count). The van der Waals surface area contributed by atoms with Crippen LogP contribution in [0.5, 0.6) is 0 Å². The van der Waals surface area contributed by atoms with Crippen molar-refractivity contribution in [1.29, 1.82) is 0 Å². The van der Waals surface area contributed by atoms with E-state index in [-0.39, 0.29) is 21.6 Å². The second-order valence-electron chi connectivity index (χ2n) is 5.97. The summed E-state index contributed by atoms with van der Waals surface area (Å²) in [6.07, 6.45) is 14.0. The summed E-state index contributed by atoms with van der Waals surface area (Å²) in [7, 11) is 6.02. The molecule has 114 valence electrons. The van der Waals surface area contributed by atoms with Gasteiger partial charge in [0.25, 0.3) is 0 Å². The molecule has 0 radical (unpaired) electrons. The summed E-state index contributed by atoms with van der Waals surface area (Å²) in [5, 5.41) is 0. The average Bonchev–Trinajstić information content (AvgIpc) is 2.50. The minimum absolute atomic E-state index is 0.101. The molecule has 2 aliphatic carbocycles. The minimum atomic E-state index is -0.101. The zero-order chi connectivity index (χ0) is 15.2. The molecule has 0 unspecified atom stereocenters. The average molecular weight is 380 g/mol. The third-order valence-electron chi connectivity index (χ3n) is 4.32. The first-order valence-electron chi connectivity index (χ1n) is 7.36. The van der Waals surface area contributed by atoms with Gasteiger partial charge in [-0.2, -0.15) is 0 Å². The molecule has 0 saturated heterocycles. The van der Waals surface area contributed by atoms with Gasteiger partial charge in [-0.25, -0.2) is 0 Å². The van der Waals surface area contributed by atoms with Crippen LogP contribution in [0.1, 0.15) is 60.3 Å². The summed E-state index contributed by atoms with van der Waals surface area (Å²) in [6, 6.07) is 0. The van der Waals surface area contributed by atoms with Crippen LogP contribution in [0.25, 0.3) is 0 Å². The van der Waals surface area contributed by atoms with E-state index in [1.165, 1.54) is 46.6 Å². The van der Waals surface area contributed by atoms with Gasteiger partial charge in [0.1, 0.15) is 0 Å². The van der Waals surface area contributed by atoms with E-state index in [2.05, 4.69) is 58.9 Å². The number of hydrogen-bond donors (Lipinski definition) is 0. The normalized spacial score (nSPS) is 21.7. The Morgan fingerprint density at radius 1 is 0.850 bits per heavy atom. The molecule has 0 N–H and O–H groups in total. The molecule has 0 aliphatic heterocycles. The summed E-state index contributed by atoms with van der Waals surface area (Å²) in [4.78, 5) is 0. The zero-order valence-corrected chi connectivity index (χ0v) is 15.9. The topological polar surface area (TPSA) is 0 Å². The van der Waals surface area contributed by atoms with Gasteiger partial charge in [0.2, 0.25) is 0 Å².